The zero-order valence-corrected chi connectivity index (χ0v) is 11.8. The summed E-state index contributed by atoms with van der Waals surface area (Å²) in [6.45, 7) is 5.21. The first-order valence-electron chi connectivity index (χ1n) is 5.95. The maximum atomic E-state index is 11.7. The maximum Gasteiger partial charge on any atom is 0.326 e. The SMILES string of the molecule is Cc1noc(Cl)c1CCC(=O)N[C@@H](C(=O)O)C(C)C. The highest BCUT2D eigenvalue weighted by Gasteiger charge is 2.23. The van der Waals surface area contributed by atoms with Crippen molar-refractivity contribution in [3.8, 4) is 0 Å². The van der Waals surface area contributed by atoms with Crippen LogP contribution in [0.3, 0.4) is 0 Å². The lowest BCUT2D eigenvalue weighted by atomic mass is 10.0. The van der Waals surface area contributed by atoms with Crippen molar-refractivity contribution in [2.24, 2.45) is 5.92 Å². The van der Waals surface area contributed by atoms with Gasteiger partial charge in [-0.1, -0.05) is 19.0 Å². The van der Waals surface area contributed by atoms with Crippen LogP contribution in [0.2, 0.25) is 5.22 Å². The molecule has 0 unspecified atom stereocenters. The van der Waals surface area contributed by atoms with Gasteiger partial charge in [0.15, 0.2) is 0 Å². The van der Waals surface area contributed by atoms with E-state index in [9.17, 15) is 9.59 Å². The van der Waals surface area contributed by atoms with Gasteiger partial charge in [0.1, 0.15) is 6.04 Å². The zero-order valence-electron chi connectivity index (χ0n) is 11.1. The molecule has 7 heteroatoms. The number of carboxylic acids is 1. The number of rotatable bonds is 6. The number of halogens is 1. The molecule has 0 saturated heterocycles. The van der Waals surface area contributed by atoms with E-state index >= 15 is 0 Å². The van der Waals surface area contributed by atoms with E-state index in [1.807, 2.05) is 0 Å². The molecule has 6 nitrogen and oxygen atoms in total. The molecule has 1 amide bonds. The average molecular weight is 289 g/mol. The van der Waals surface area contributed by atoms with E-state index in [0.717, 1.165) is 0 Å². The molecule has 0 aliphatic heterocycles. The van der Waals surface area contributed by atoms with E-state index in [2.05, 4.69) is 10.5 Å². The Kier molecular flexibility index (Phi) is 5.35. The number of aliphatic carboxylic acids is 1. The topological polar surface area (TPSA) is 92.4 Å². The van der Waals surface area contributed by atoms with Crippen molar-refractivity contribution in [2.45, 2.75) is 39.7 Å². The summed E-state index contributed by atoms with van der Waals surface area (Å²) >= 11 is 5.78. The molecule has 1 aromatic rings. The summed E-state index contributed by atoms with van der Waals surface area (Å²) in [5.41, 5.74) is 1.31. The van der Waals surface area contributed by atoms with E-state index in [-0.39, 0.29) is 23.5 Å². The predicted octanol–water partition coefficient (Wildman–Crippen LogP) is 1.79. The van der Waals surface area contributed by atoms with Crippen molar-refractivity contribution in [3.05, 3.63) is 16.5 Å². The molecule has 106 valence electrons. The third-order valence-corrected chi connectivity index (χ3v) is 3.09. The third kappa shape index (κ3) is 4.24. The van der Waals surface area contributed by atoms with E-state index in [4.69, 9.17) is 21.2 Å². The average Bonchev–Trinajstić information content (AvgIpc) is 2.62. The molecule has 1 aromatic heterocycles. The van der Waals surface area contributed by atoms with E-state index < -0.39 is 12.0 Å². The zero-order chi connectivity index (χ0) is 14.6. The highest BCUT2D eigenvalue weighted by Crippen LogP contribution is 2.20. The number of carboxylic acid groups (broad SMARTS) is 1. The Morgan fingerprint density at radius 3 is 2.53 bits per heavy atom. The van der Waals surface area contributed by atoms with Crippen molar-refractivity contribution < 1.29 is 19.2 Å². The molecule has 0 spiro atoms. The Bertz CT molecular complexity index is 451. The van der Waals surface area contributed by atoms with Gasteiger partial charge in [-0.2, -0.15) is 0 Å². The molecule has 0 fully saturated rings. The lowest BCUT2D eigenvalue weighted by molar-refractivity contribution is -0.143. The van der Waals surface area contributed by atoms with Crippen LogP contribution in [0, 0.1) is 12.8 Å². The van der Waals surface area contributed by atoms with Crippen molar-refractivity contribution in [2.75, 3.05) is 0 Å². The second kappa shape index (κ2) is 6.56. The fraction of sp³-hybridized carbons (Fsp3) is 0.583. The number of carbonyl (C=O) groups is 2. The van der Waals surface area contributed by atoms with Gasteiger partial charge in [-0.3, -0.25) is 4.79 Å². The largest absolute Gasteiger partial charge is 0.480 e. The van der Waals surface area contributed by atoms with E-state index in [1.165, 1.54) is 0 Å². The Hall–Kier alpha value is -1.56. The first kappa shape index (κ1) is 15.5. The van der Waals surface area contributed by atoms with Gasteiger partial charge in [0.25, 0.3) is 0 Å². The van der Waals surface area contributed by atoms with Crippen LogP contribution in [0.25, 0.3) is 0 Å². The summed E-state index contributed by atoms with van der Waals surface area (Å²) in [5.74, 6) is -1.55. The van der Waals surface area contributed by atoms with Crippen LogP contribution in [0.1, 0.15) is 31.5 Å². The third-order valence-electron chi connectivity index (χ3n) is 2.79. The minimum atomic E-state index is -1.04. The summed E-state index contributed by atoms with van der Waals surface area (Å²) in [6, 6.07) is -0.883. The standard InChI is InChI=1S/C12H17ClN2O4/c1-6(2)10(12(17)18)14-9(16)5-4-8-7(3)15-19-11(8)13/h6,10H,4-5H2,1-3H3,(H,14,16)(H,17,18)/t10-/m1/s1. The Morgan fingerprint density at radius 1 is 1.47 bits per heavy atom. The van der Waals surface area contributed by atoms with Crippen molar-refractivity contribution in [3.63, 3.8) is 0 Å². The molecule has 1 heterocycles. The number of aryl methyl sites for hydroxylation is 1. The number of amides is 1. The molecule has 0 aliphatic carbocycles. The number of nitrogens with zero attached hydrogens (tertiary/aromatic N) is 1. The van der Waals surface area contributed by atoms with Crippen LogP contribution in [-0.2, 0) is 16.0 Å². The van der Waals surface area contributed by atoms with Crippen LogP contribution < -0.4 is 5.32 Å². The number of carbonyl (C=O) groups excluding carboxylic acids is 1. The minimum Gasteiger partial charge on any atom is -0.480 e. The van der Waals surface area contributed by atoms with Gasteiger partial charge in [-0.15, -0.1) is 0 Å². The van der Waals surface area contributed by atoms with E-state index in [1.54, 1.807) is 20.8 Å². The molecule has 0 radical (unpaired) electrons. The van der Waals surface area contributed by atoms with Crippen molar-refractivity contribution >= 4 is 23.5 Å². The molecule has 1 atom stereocenters. The van der Waals surface area contributed by atoms with Gasteiger partial charge in [0.2, 0.25) is 11.1 Å². The number of nitrogens with one attached hydrogen (secondary N) is 1. The van der Waals surface area contributed by atoms with Gasteiger partial charge in [-0.05, 0) is 30.9 Å². The van der Waals surface area contributed by atoms with Crippen molar-refractivity contribution in [1.82, 2.24) is 10.5 Å². The predicted molar refractivity (Wildman–Crippen MR) is 69.0 cm³/mol. The minimum absolute atomic E-state index is 0.137. The second-order valence-corrected chi connectivity index (χ2v) is 4.99. The summed E-state index contributed by atoms with van der Waals surface area (Å²) in [4.78, 5) is 22.7. The molecule has 0 aromatic carbocycles. The van der Waals surface area contributed by atoms with E-state index in [0.29, 0.717) is 17.7 Å². The lowest BCUT2D eigenvalue weighted by Gasteiger charge is -2.17. The van der Waals surface area contributed by atoms with Crippen LogP contribution in [-0.4, -0.2) is 28.2 Å². The quantitative estimate of drug-likeness (QED) is 0.832. The van der Waals surface area contributed by atoms with Crippen molar-refractivity contribution in [1.29, 1.82) is 0 Å². The Morgan fingerprint density at radius 2 is 2.11 bits per heavy atom. The van der Waals surface area contributed by atoms with Crippen LogP contribution in [0.5, 0.6) is 0 Å². The number of hydrogen-bond donors (Lipinski definition) is 2. The Labute approximate surface area is 116 Å². The summed E-state index contributed by atoms with van der Waals surface area (Å²) in [5, 5.41) is 15.3. The second-order valence-electron chi connectivity index (χ2n) is 4.65. The first-order valence-corrected chi connectivity index (χ1v) is 6.33. The summed E-state index contributed by atoms with van der Waals surface area (Å²) in [7, 11) is 0. The summed E-state index contributed by atoms with van der Waals surface area (Å²) in [6.07, 6.45) is 0.503. The van der Waals surface area contributed by atoms with Gasteiger partial charge < -0.3 is 14.9 Å². The molecular weight excluding hydrogens is 272 g/mol. The van der Waals surface area contributed by atoms with Gasteiger partial charge in [0.05, 0.1) is 5.69 Å². The normalized spacial score (nSPS) is 12.5. The molecule has 2 N–H and O–H groups in total. The fourth-order valence-corrected chi connectivity index (χ4v) is 1.90. The maximum absolute atomic E-state index is 11.7. The van der Waals surface area contributed by atoms with Gasteiger partial charge in [0, 0.05) is 12.0 Å². The molecule has 0 bridgehead atoms. The molecule has 0 saturated carbocycles. The monoisotopic (exact) mass is 288 g/mol. The lowest BCUT2D eigenvalue weighted by Crippen LogP contribution is -2.44. The van der Waals surface area contributed by atoms with Crippen LogP contribution in [0.4, 0.5) is 0 Å². The number of aromatic nitrogens is 1. The molecular formula is C12H17ClN2O4. The fourth-order valence-electron chi connectivity index (χ4n) is 1.64. The first-order chi connectivity index (χ1) is 8.82. The molecule has 19 heavy (non-hydrogen) atoms. The molecule has 1 rings (SSSR count). The smallest absolute Gasteiger partial charge is 0.326 e. The number of hydrogen-bond acceptors (Lipinski definition) is 4. The Balaban J connectivity index is 2.54. The van der Waals surface area contributed by atoms with Crippen LogP contribution >= 0.6 is 11.6 Å². The summed E-state index contributed by atoms with van der Waals surface area (Å²) < 4.78 is 4.77. The van der Waals surface area contributed by atoms with Crippen LogP contribution in [0.15, 0.2) is 4.52 Å². The van der Waals surface area contributed by atoms with Gasteiger partial charge in [-0.25, -0.2) is 4.79 Å². The highest BCUT2D eigenvalue weighted by atomic mass is 35.5. The molecule has 0 aliphatic rings. The van der Waals surface area contributed by atoms with Gasteiger partial charge >= 0.3 is 5.97 Å². The highest BCUT2D eigenvalue weighted by molar-refractivity contribution is 6.29.